The number of anilines is 1. The highest BCUT2D eigenvalue weighted by Gasteiger charge is 2.54. The fraction of sp³-hybridized carbons (Fsp3) is 0.538. The number of nitrogens with zero attached hydrogens (tertiary/aromatic N) is 8. The van der Waals surface area contributed by atoms with Gasteiger partial charge in [-0.25, -0.2) is 4.98 Å². The average molecular weight is 545 g/mol. The summed E-state index contributed by atoms with van der Waals surface area (Å²) in [4.78, 5) is 14.8. The molecule has 0 bridgehead atoms. The zero-order chi connectivity index (χ0) is 26.2. The largest absolute Gasteiger partial charge is 0.401 e. The van der Waals surface area contributed by atoms with Crippen LogP contribution < -0.4 is 4.90 Å². The van der Waals surface area contributed by atoms with Crippen molar-refractivity contribution in [2.45, 2.75) is 51.0 Å². The molecule has 0 N–H and O–H groups in total. The van der Waals surface area contributed by atoms with Crippen molar-refractivity contribution in [3.8, 4) is 5.69 Å². The summed E-state index contributed by atoms with van der Waals surface area (Å²) in [6.07, 6.45) is 1.51. The van der Waals surface area contributed by atoms with Gasteiger partial charge in [0.15, 0.2) is 5.82 Å². The maximum absolute atomic E-state index is 12.8. The van der Waals surface area contributed by atoms with Gasteiger partial charge in [-0.15, -0.1) is 10.2 Å². The van der Waals surface area contributed by atoms with E-state index in [0.29, 0.717) is 37.1 Å². The van der Waals surface area contributed by atoms with E-state index >= 15 is 0 Å². The topological polar surface area (TPSA) is 66.2 Å². The van der Waals surface area contributed by atoms with E-state index in [-0.39, 0.29) is 11.5 Å². The minimum absolute atomic E-state index is 0.0357. The lowest BCUT2D eigenvalue weighted by Crippen LogP contribution is -2.62. The number of benzene rings is 1. The highest BCUT2D eigenvalue weighted by Crippen LogP contribution is 2.56. The second-order valence-corrected chi connectivity index (χ2v) is 11.9. The van der Waals surface area contributed by atoms with Crippen molar-refractivity contribution in [3.63, 3.8) is 0 Å². The molecule has 0 atom stereocenters. The number of aromatic nitrogens is 5. The standard InChI is InChI=1S/C26H28ClF3N8/c1-16-7-31-8-22(32-16)37-13-25(14-37)5-18(6-25)24-34-33-23-12-36(20-10-35(11-20)15-26(28,29)30)9-17-4-19(27)2-3-21(17)38(23)24/h2-4,7-8,18,20H,5-6,9-15H2,1H3. The van der Waals surface area contributed by atoms with Crippen LogP contribution in [0.1, 0.15) is 41.7 Å². The van der Waals surface area contributed by atoms with Crippen LogP contribution in [0.4, 0.5) is 19.0 Å². The molecule has 4 aliphatic rings. The third-order valence-electron chi connectivity index (χ3n) is 8.46. The summed E-state index contributed by atoms with van der Waals surface area (Å²) in [5.74, 6) is 3.05. The zero-order valence-corrected chi connectivity index (χ0v) is 21.8. The average Bonchev–Trinajstić information content (AvgIpc) is 3.09. The van der Waals surface area contributed by atoms with Crippen molar-refractivity contribution in [2.24, 2.45) is 5.41 Å². The molecule has 0 radical (unpaired) electrons. The van der Waals surface area contributed by atoms with E-state index in [9.17, 15) is 13.2 Å². The SMILES string of the molecule is Cc1cncc(N2CC3(CC(c4nnc5n4-c4ccc(Cl)cc4CN(C4CN(CC(F)(F)F)C4)C5)C3)C2)n1. The van der Waals surface area contributed by atoms with Gasteiger partial charge in [0.25, 0.3) is 0 Å². The van der Waals surface area contributed by atoms with E-state index in [1.54, 1.807) is 6.20 Å². The highest BCUT2D eigenvalue weighted by atomic mass is 35.5. The Kier molecular flexibility index (Phi) is 5.51. The molecular formula is C26H28ClF3N8. The molecule has 8 nitrogen and oxygen atoms in total. The summed E-state index contributed by atoms with van der Waals surface area (Å²) in [5, 5.41) is 9.89. The first-order chi connectivity index (χ1) is 18.1. The Hall–Kier alpha value is -2.76. The molecule has 0 amide bonds. The van der Waals surface area contributed by atoms with E-state index in [1.165, 1.54) is 4.90 Å². The van der Waals surface area contributed by atoms with Crippen molar-refractivity contribution in [1.82, 2.24) is 34.5 Å². The molecule has 1 aromatic carbocycles. The van der Waals surface area contributed by atoms with Crippen LogP contribution in [-0.4, -0.2) is 79.5 Å². The van der Waals surface area contributed by atoms with Crippen molar-refractivity contribution < 1.29 is 13.2 Å². The number of aryl methyl sites for hydroxylation is 1. The van der Waals surface area contributed by atoms with E-state index in [2.05, 4.69) is 34.5 Å². The Bertz CT molecular complexity index is 1370. The molecule has 0 unspecified atom stereocenters. The quantitative estimate of drug-likeness (QED) is 0.492. The van der Waals surface area contributed by atoms with Crippen LogP contribution in [0.25, 0.3) is 5.69 Å². The van der Waals surface area contributed by atoms with Gasteiger partial charge >= 0.3 is 6.18 Å². The van der Waals surface area contributed by atoms with Crippen LogP contribution in [0.2, 0.25) is 5.02 Å². The first kappa shape index (κ1) is 24.3. The van der Waals surface area contributed by atoms with E-state index in [0.717, 1.165) is 60.3 Å². The van der Waals surface area contributed by atoms with Crippen LogP contribution in [0.5, 0.6) is 0 Å². The monoisotopic (exact) mass is 544 g/mol. The number of alkyl halides is 3. The van der Waals surface area contributed by atoms with E-state index in [4.69, 9.17) is 11.6 Å². The lowest BCUT2D eigenvalue weighted by Gasteiger charge is -2.59. The Morgan fingerprint density at radius 3 is 2.61 bits per heavy atom. The summed E-state index contributed by atoms with van der Waals surface area (Å²) in [5.41, 5.74) is 3.26. The Morgan fingerprint density at radius 1 is 1.08 bits per heavy atom. The van der Waals surface area contributed by atoms with Crippen LogP contribution in [0.15, 0.2) is 30.6 Å². The number of hydrogen-bond donors (Lipinski definition) is 0. The van der Waals surface area contributed by atoms with Gasteiger partial charge in [-0.05, 0) is 43.5 Å². The first-order valence-corrected chi connectivity index (χ1v) is 13.3. The molecule has 3 fully saturated rings. The lowest BCUT2D eigenvalue weighted by molar-refractivity contribution is -0.161. The van der Waals surface area contributed by atoms with Crippen LogP contribution in [0.3, 0.4) is 0 Å². The van der Waals surface area contributed by atoms with Gasteiger partial charge in [0.05, 0.1) is 30.7 Å². The molecular weight excluding hydrogens is 517 g/mol. The van der Waals surface area contributed by atoms with E-state index in [1.807, 2.05) is 31.3 Å². The Balaban J connectivity index is 1.09. The fourth-order valence-electron chi connectivity index (χ4n) is 6.68. The number of rotatable bonds is 4. The van der Waals surface area contributed by atoms with Crippen molar-refractivity contribution >= 4 is 17.4 Å². The fourth-order valence-corrected chi connectivity index (χ4v) is 6.88. The summed E-state index contributed by atoms with van der Waals surface area (Å²) in [6.45, 7) is 4.98. The Labute approximate surface area is 223 Å². The molecule has 5 heterocycles. The second-order valence-electron chi connectivity index (χ2n) is 11.4. The summed E-state index contributed by atoms with van der Waals surface area (Å²) < 4.78 is 40.7. The van der Waals surface area contributed by atoms with Crippen molar-refractivity contribution in [2.75, 3.05) is 37.6 Å². The van der Waals surface area contributed by atoms with Gasteiger partial charge < -0.3 is 4.90 Å². The van der Waals surface area contributed by atoms with Crippen LogP contribution in [-0.2, 0) is 13.1 Å². The predicted octanol–water partition coefficient (Wildman–Crippen LogP) is 3.97. The smallest absolute Gasteiger partial charge is 0.354 e. The third-order valence-corrected chi connectivity index (χ3v) is 8.69. The normalized spacial score (nSPS) is 21.9. The second kappa shape index (κ2) is 8.62. The van der Waals surface area contributed by atoms with Gasteiger partial charge in [0.1, 0.15) is 11.6 Å². The first-order valence-electron chi connectivity index (χ1n) is 12.9. The van der Waals surface area contributed by atoms with Gasteiger partial charge in [-0.1, -0.05) is 11.6 Å². The molecule has 3 aliphatic heterocycles. The van der Waals surface area contributed by atoms with Crippen molar-refractivity contribution in [3.05, 3.63) is 58.5 Å². The molecule has 3 aromatic rings. The van der Waals surface area contributed by atoms with Gasteiger partial charge in [0, 0.05) is 61.3 Å². The zero-order valence-electron chi connectivity index (χ0n) is 21.0. The van der Waals surface area contributed by atoms with Gasteiger partial charge in [0.2, 0.25) is 0 Å². The molecule has 38 heavy (non-hydrogen) atoms. The highest BCUT2D eigenvalue weighted by molar-refractivity contribution is 6.30. The summed E-state index contributed by atoms with van der Waals surface area (Å²) in [6, 6.07) is 5.90. The predicted molar refractivity (Wildman–Crippen MR) is 135 cm³/mol. The summed E-state index contributed by atoms with van der Waals surface area (Å²) in [7, 11) is 0. The van der Waals surface area contributed by atoms with E-state index < -0.39 is 12.7 Å². The number of hydrogen-bond acceptors (Lipinski definition) is 7. The molecule has 2 aromatic heterocycles. The number of likely N-dealkylation sites (tertiary alicyclic amines) is 1. The third kappa shape index (κ3) is 4.24. The maximum Gasteiger partial charge on any atom is 0.401 e. The van der Waals surface area contributed by atoms with Crippen molar-refractivity contribution in [1.29, 1.82) is 0 Å². The molecule has 1 spiro atoms. The molecule has 200 valence electrons. The molecule has 1 aliphatic carbocycles. The van der Waals surface area contributed by atoms with Gasteiger partial charge in [-0.3, -0.25) is 19.4 Å². The van der Waals surface area contributed by atoms with Crippen LogP contribution in [0, 0.1) is 12.3 Å². The number of fused-ring (bicyclic) bond motifs is 3. The Morgan fingerprint density at radius 2 is 1.87 bits per heavy atom. The minimum Gasteiger partial charge on any atom is -0.354 e. The molecule has 7 rings (SSSR count). The molecule has 2 saturated heterocycles. The minimum atomic E-state index is -4.18. The molecule has 12 heteroatoms. The van der Waals surface area contributed by atoms with Crippen LogP contribution >= 0.6 is 11.6 Å². The molecule has 1 saturated carbocycles. The lowest BCUT2D eigenvalue weighted by atomic mass is 9.57. The maximum atomic E-state index is 12.8. The summed E-state index contributed by atoms with van der Waals surface area (Å²) >= 11 is 6.37. The van der Waals surface area contributed by atoms with Gasteiger partial charge in [-0.2, -0.15) is 13.2 Å². The number of halogens is 4.